The first-order chi connectivity index (χ1) is 8.29. The SMILES string of the molecule is CCCOCc1nc(=S)cc(C2CCCC2)[nH]1. The van der Waals surface area contributed by atoms with Gasteiger partial charge in [-0.2, -0.15) is 0 Å². The van der Waals surface area contributed by atoms with E-state index in [1.54, 1.807) is 0 Å². The van der Waals surface area contributed by atoms with E-state index in [9.17, 15) is 0 Å². The van der Waals surface area contributed by atoms with Crippen molar-refractivity contribution in [3.05, 3.63) is 22.2 Å². The lowest BCUT2D eigenvalue weighted by Crippen LogP contribution is -2.05. The first kappa shape index (κ1) is 12.7. The summed E-state index contributed by atoms with van der Waals surface area (Å²) in [4.78, 5) is 7.69. The molecule has 4 heteroatoms. The van der Waals surface area contributed by atoms with E-state index in [0.29, 0.717) is 17.2 Å². The standard InChI is InChI=1S/C13H20N2OS/c1-2-7-16-9-12-14-11(8-13(17)15-12)10-5-3-4-6-10/h8,10H,2-7,9H2,1H3,(H,14,15,17). The largest absolute Gasteiger partial charge is 0.374 e. The highest BCUT2D eigenvalue weighted by molar-refractivity contribution is 7.71. The smallest absolute Gasteiger partial charge is 0.134 e. The minimum absolute atomic E-state index is 0.540. The molecular formula is C13H20N2OS. The van der Waals surface area contributed by atoms with E-state index in [1.165, 1.54) is 31.4 Å². The third-order valence-corrected chi connectivity index (χ3v) is 3.40. The summed E-state index contributed by atoms with van der Waals surface area (Å²) in [6.07, 6.45) is 6.22. The highest BCUT2D eigenvalue weighted by Crippen LogP contribution is 2.32. The molecule has 1 aliphatic carbocycles. The summed E-state index contributed by atoms with van der Waals surface area (Å²) in [6, 6.07) is 2.01. The van der Waals surface area contributed by atoms with E-state index >= 15 is 0 Å². The van der Waals surface area contributed by atoms with Gasteiger partial charge in [-0.3, -0.25) is 0 Å². The van der Waals surface area contributed by atoms with Crippen LogP contribution in [0.1, 0.15) is 56.5 Å². The lowest BCUT2D eigenvalue weighted by Gasteiger charge is -2.11. The molecule has 0 radical (unpaired) electrons. The molecule has 1 aromatic rings. The fraction of sp³-hybridized carbons (Fsp3) is 0.692. The van der Waals surface area contributed by atoms with Crippen LogP contribution in [0.5, 0.6) is 0 Å². The number of hydrogen-bond donors (Lipinski definition) is 1. The van der Waals surface area contributed by atoms with Gasteiger partial charge < -0.3 is 9.72 Å². The highest BCUT2D eigenvalue weighted by atomic mass is 32.1. The number of rotatable bonds is 5. The molecule has 0 amide bonds. The Balaban J connectivity index is 2.08. The molecule has 0 unspecified atom stereocenters. The number of hydrogen-bond acceptors (Lipinski definition) is 3. The van der Waals surface area contributed by atoms with Gasteiger partial charge in [0.2, 0.25) is 0 Å². The van der Waals surface area contributed by atoms with Gasteiger partial charge in [-0.05, 0) is 31.2 Å². The maximum Gasteiger partial charge on any atom is 0.134 e. The van der Waals surface area contributed by atoms with Crippen LogP contribution in [0.15, 0.2) is 6.07 Å². The molecule has 2 rings (SSSR count). The summed E-state index contributed by atoms with van der Waals surface area (Å²) in [5.74, 6) is 1.51. The number of aromatic nitrogens is 2. The first-order valence-electron chi connectivity index (χ1n) is 6.47. The van der Waals surface area contributed by atoms with Crippen LogP contribution < -0.4 is 0 Å². The Morgan fingerprint density at radius 2 is 2.24 bits per heavy atom. The number of H-pyrrole nitrogens is 1. The lowest BCUT2D eigenvalue weighted by molar-refractivity contribution is 0.115. The van der Waals surface area contributed by atoms with Crippen LogP contribution in [-0.2, 0) is 11.3 Å². The van der Waals surface area contributed by atoms with Crippen molar-refractivity contribution >= 4 is 12.2 Å². The molecule has 1 fully saturated rings. The number of ether oxygens (including phenoxy) is 1. The van der Waals surface area contributed by atoms with Crippen molar-refractivity contribution in [2.45, 2.75) is 51.6 Å². The number of nitrogens with one attached hydrogen (secondary N) is 1. The third kappa shape index (κ3) is 3.61. The van der Waals surface area contributed by atoms with Crippen molar-refractivity contribution in [2.75, 3.05) is 6.61 Å². The Morgan fingerprint density at radius 3 is 2.94 bits per heavy atom. The van der Waals surface area contributed by atoms with Gasteiger partial charge in [-0.15, -0.1) is 0 Å². The Kier molecular flexibility index (Phi) is 4.68. The van der Waals surface area contributed by atoms with Crippen LogP contribution in [0, 0.1) is 4.64 Å². The second kappa shape index (κ2) is 6.26. The van der Waals surface area contributed by atoms with Crippen molar-refractivity contribution < 1.29 is 4.74 Å². The Morgan fingerprint density at radius 1 is 1.47 bits per heavy atom. The second-order valence-electron chi connectivity index (χ2n) is 4.66. The second-order valence-corrected chi connectivity index (χ2v) is 5.07. The Hall–Kier alpha value is -0.740. The topological polar surface area (TPSA) is 37.9 Å². The molecule has 0 spiro atoms. The fourth-order valence-electron chi connectivity index (χ4n) is 2.37. The molecule has 0 aliphatic heterocycles. The van der Waals surface area contributed by atoms with Gasteiger partial charge in [-0.1, -0.05) is 32.0 Å². The quantitative estimate of drug-likeness (QED) is 0.641. The zero-order valence-electron chi connectivity index (χ0n) is 10.4. The molecule has 1 saturated carbocycles. The van der Waals surface area contributed by atoms with Crippen LogP contribution in [0.25, 0.3) is 0 Å². The van der Waals surface area contributed by atoms with Crippen molar-refractivity contribution in [2.24, 2.45) is 0 Å². The van der Waals surface area contributed by atoms with E-state index in [1.807, 2.05) is 6.07 Å². The molecule has 1 aromatic heterocycles. The van der Waals surface area contributed by atoms with Gasteiger partial charge in [-0.25, -0.2) is 4.98 Å². The molecule has 3 nitrogen and oxygen atoms in total. The van der Waals surface area contributed by atoms with Crippen molar-refractivity contribution in [1.29, 1.82) is 0 Å². The number of aromatic amines is 1. The molecule has 0 atom stereocenters. The third-order valence-electron chi connectivity index (χ3n) is 3.19. The normalized spacial score (nSPS) is 16.5. The number of nitrogens with zero attached hydrogens (tertiary/aromatic N) is 1. The zero-order valence-corrected chi connectivity index (χ0v) is 11.2. The molecule has 0 saturated heterocycles. The molecule has 1 N–H and O–H groups in total. The molecule has 0 bridgehead atoms. The van der Waals surface area contributed by atoms with E-state index < -0.39 is 0 Å². The van der Waals surface area contributed by atoms with Crippen LogP contribution in [0.2, 0.25) is 0 Å². The van der Waals surface area contributed by atoms with Crippen LogP contribution in [-0.4, -0.2) is 16.6 Å². The molecular weight excluding hydrogens is 232 g/mol. The summed E-state index contributed by atoms with van der Waals surface area (Å²) >= 11 is 5.21. The van der Waals surface area contributed by atoms with E-state index in [2.05, 4.69) is 16.9 Å². The lowest BCUT2D eigenvalue weighted by atomic mass is 10.0. The summed E-state index contributed by atoms with van der Waals surface area (Å²) < 4.78 is 6.18. The molecule has 1 heterocycles. The van der Waals surface area contributed by atoms with Crippen molar-refractivity contribution in [3.63, 3.8) is 0 Å². The summed E-state index contributed by atoms with van der Waals surface area (Å²) in [6.45, 7) is 3.42. The van der Waals surface area contributed by atoms with Crippen LogP contribution >= 0.6 is 12.2 Å². The van der Waals surface area contributed by atoms with Crippen LogP contribution in [0.3, 0.4) is 0 Å². The first-order valence-corrected chi connectivity index (χ1v) is 6.88. The Bertz CT molecular complexity index is 410. The molecule has 0 aromatic carbocycles. The van der Waals surface area contributed by atoms with E-state index in [4.69, 9.17) is 17.0 Å². The average molecular weight is 252 g/mol. The minimum Gasteiger partial charge on any atom is -0.374 e. The van der Waals surface area contributed by atoms with E-state index in [-0.39, 0.29) is 0 Å². The van der Waals surface area contributed by atoms with Gasteiger partial charge in [0, 0.05) is 12.3 Å². The Labute approximate surface area is 108 Å². The minimum atomic E-state index is 0.540. The van der Waals surface area contributed by atoms with Gasteiger partial charge in [0.25, 0.3) is 0 Å². The van der Waals surface area contributed by atoms with E-state index in [0.717, 1.165) is 18.9 Å². The van der Waals surface area contributed by atoms with Gasteiger partial charge in [0.05, 0.1) is 0 Å². The molecule has 94 valence electrons. The summed E-state index contributed by atoms with van der Waals surface area (Å²) in [5, 5.41) is 0. The van der Waals surface area contributed by atoms with Crippen molar-refractivity contribution in [1.82, 2.24) is 9.97 Å². The van der Waals surface area contributed by atoms with Gasteiger partial charge in [0.15, 0.2) is 0 Å². The molecule has 1 aliphatic rings. The average Bonchev–Trinajstić information content (AvgIpc) is 2.82. The van der Waals surface area contributed by atoms with Crippen LogP contribution in [0.4, 0.5) is 0 Å². The predicted molar refractivity (Wildman–Crippen MR) is 70.6 cm³/mol. The summed E-state index contributed by atoms with van der Waals surface area (Å²) in [5.41, 5.74) is 1.25. The fourth-order valence-corrected chi connectivity index (χ4v) is 2.60. The zero-order chi connectivity index (χ0) is 12.1. The van der Waals surface area contributed by atoms with Gasteiger partial charge in [0.1, 0.15) is 17.1 Å². The maximum absolute atomic E-state index is 5.50. The summed E-state index contributed by atoms with van der Waals surface area (Å²) in [7, 11) is 0. The monoisotopic (exact) mass is 252 g/mol. The van der Waals surface area contributed by atoms with Crippen molar-refractivity contribution in [3.8, 4) is 0 Å². The highest BCUT2D eigenvalue weighted by Gasteiger charge is 2.18. The van der Waals surface area contributed by atoms with Gasteiger partial charge >= 0.3 is 0 Å². The molecule has 17 heavy (non-hydrogen) atoms. The maximum atomic E-state index is 5.50. The predicted octanol–water partition coefficient (Wildman–Crippen LogP) is 3.72.